The second-order valence-corrected chi connectivity index (χ2v) is 1.16. The molecule has 0 aromatic carbocycles. The van der Waals surface area contributed by atoms with E-state index >= 15 is 0 Å². The summed E-state index contributed by atoms with van der Waals surface area (Å²) in [5, 5.41) is 3.71. The zero-order valence-electron chi connectivity index (χ0n) is 3.85. The summed E-state index contributed by atoms with van der Waals surface area (Å²) in [5.41, 5.74) is 0.981. The fraction of sp³-hybridized carbons (Fsp3) is 0.250. The molecule has 0 unspecified atom stereocenters. The van der Waals surface area contributed by atoms with Crippen molar-refractivity contribution in [3.8, 4) is 0 Å². The van der Waals surface area contributed by atoms with Crippen molar-refractivity contribution in [2.75, 3.05) is 0 Å². The maximum atomic E-state index is 3.81. The molecule has 2 nitrogen and oxygen atoms in total. The fourth-order valence-electron chi connectivity index (χ4n) is 0.299. The maximum Gasteiger partial charge on any atom is 1.00 e. The van der Waals surface area contributed by atoms with E-state index in [-0.39, 0.29) is 17.1 Å². The topological polar surface area (TPSA) is 26.5 Å². The van der Waals surface area contributed by atoms with Gasteiger partial charge in [-0.25, -0.2) is 10.3 Å². The molecule has 0 atom stereocenters. The van der Waals surface area contributed by atoms with Gasteiger partial charge >= 0.3 is 17.1 Å². The van der Waals surface area contributed by atoms with Crippen molar-refractivity contribution in [2.45, 2.75) is 6.92 Å². The Morgan fingerprint density at radius 3 is 2.43 bits per heavy atom. The molecule has 1 radical (unpaired) electrons. The molecule has 0 spiro atoms. The SMILES string of the molecule is CC1=C[N]C=N1.[Cu+]. The smallest absolute Gasteiger partial charge is 0.243 e. The standard InChI is InChI=1S/C4H5N2.Cu/c1-4-2-5-3-6-4;/h2-3H,1H3;/q;+1. The molecule has 1 aliphatic heterocycles. The van der Waals surface area contributed by atoms with Crippen LogP contribution in [0.25, 0.3) is 0 Å². The molecular weight excluding hydrogens is 140 g/mol. The molecule has 0 saturated carbocycles. The summed E-state index contributed by atoms with van der Waals surface area (Å²) in [6.45, 7) is 1.91. The third-order valence-electron chi connectivity index (χ3n) is 0.589. The maximum absolute atomic E-state index is 3.81. The Kier molecular flexibility index (Phi) is 2.72. The van der Waals surface area contributed by atoms with Crippen LogP contribution in [-0.4, -0.2) is 6.34 Å². The summed E-state index contributed by atoms with van der Waals surface area (Å²) in [4.78, 5) is 3.81. The van der Waals surface area contributed by atoms with Crippen LogP contribution in [-0.2, 0) is 17.1 Å². The quantitative estimate of drug-likeness (QED) is 0.443. The second kappa shape index (κ2) is 2.83. The van der Waals surface area contributed by atoms with Gasteiger partial charge in [0.05, 0.1) is 5.70 Å². The molecule has 0 aromatic rings. The minimum Gasteiger partial charge on any atom is -0.243 e. The van der Waals surface area contributed by atoms with Gasteiger partial charge in [-0.3, -0.25) is 0 Å². The molecule has 0 fully saturated rings. The number of aliphatic imine (C=N–C) groups is 1. The van der Waals surface area contributed by atoms with Gasteiger partial charge in [0.1, 0.15) is 6.34 Å². The number of allylic oxidation sites excluding steroid dienone is 1. The Balaban J connectivity index is 0.000000360. The Bertz CT molecular complexity index is 104. The van der Waals surface area contributed by atoms with Crippen molar-refractivity contribution < 1.29 is 17.1 Å². The molecular formula is C4H5CuN2+. The third-order valence-corrected chi connectivity index (χ3v) is 0.589. The van der Waals surface area contributed by atoms with E-state index in [9.17, 15) is 0 Å². The summed E-state index contributed by atoms with van der Waals surface area (Å²) in [7, 11) is 0. The zero-order chi connectivity index (χ0) is 4.41. The number of hydrogen-bond acceptors (Lipinski definition) is 1. The van der Waals surface area contributed by atoms with Crippen LogP contribution in [0.1, 0.15) is 6.92 Å². The van der Waals surface area contributed by atoms with Crippen molar-refractivity contribution in [3.05, 3.63) is 11.9 Å². The van der Waals surface area contributed by atoms with Gasteiger partial charge < -0.3 is 0 Å². The summed E-state index contributed by atoms with van der Waals surface area (Å²) in [5.74, 6) is 0. The number of nitrogens with zero attached hydrogens (tertiary/aromatic N) is 2. The van der Waals surface area contributed by atoms with Crippen LogP contribution in [0.2, 0.25) is 0 Å². The molecule has 0 N–H and O–H groups in total. The van der Waals surface area contributed by atoms with E-state index in [0.29, 0.717) is 0 Å². The van der Waals surface area contributed by atoms with Crippen LogP contribution in [0, 0.1) is 0 Å². The Labute approximate surface area is 53.2 Å². The first kappa shape index (κ1) is 6.73. The first-order chi connectivity index (χ1) is 2.89. The average molecular weight is 145 g/mol. The van der Waals surface area contributed by atoms with E-state index in [4.69, 9.17) is 0 Å². The fourth-order valence-corrected chi connectivity index (χ4v) is 0.299. The molecule has 1 rings (SSSR count). The predicted molar refractivity (Wildman–Crippen MR) is 24.4 cm³/mol. The molecule has 0 aromatic heterocycles. The van der Waals surface area contributed by atoms with E-state index in [0.717, 1.165) is 5.70 Å². The Morgan fingerprint density at radius 1 is 1.57 bits per heavy atom. The van der Waals surface area contributed by atoms with Gasteiger partial charge in [0.25, 0.3) is 0 Å². The Hall–Kier alpha value is -0.271. The first-order valence-electron chi connectivity index (χ1n) is 1.79. The van der Waals surface area contributed by atoms with Crippen molar-refractivity contribution in [2.24, 2.45) is 4.99 Å². The van der Waals surface area contributed by atoms with Crippen molar-refractivity contribution in [3.63, 3.8) is 0 Å². The number of hydrogen-bond donors (Lipinski definition) is 0. The van der Waals surface area contributed by atoms with Crippen molar-refractivity contribution >= 4 is 6.34 Å². The normalized spacial score (nSPS) is 14.7. The van der Waals surface area contributed by atoms with Gasteiger partial charge in [0.2, 0.25) is 0 Å². The van der Waals surface area contributed by atoms with Gasteiger partial charge in [-0.15, -0.1) is 0 Å². The van der Waals surface area contributed by atoms with Crippen LogP contribution in [0.15, 0.2) is 16.9 Å². The monoisotopic (exact) mass is 144 g/mol. The molecule has 0 aliphatic carbocycles. The summed E-state index contributed by atoms with van der Waals surface area (Å²) in [6.07, 6.45) is 3.26. The van der Waals surface area contributed by atoms with Gasteiger partial charge in [-0.1, -0.05) is 0 Å². The molecule has 0 saturated heterocycles. The minimum absolute atomic E-state index is 0. The zero-order valence-corrected chi connectivity index (χ0v) is 4.79. The largest absolute Gasteiger partial charge is 1.00 e. The minimum atomic E-state index is 0. The molecule has 41 valence electrons. The van der Waals surface area contributed by atoms with E-state index < -0.39 is 0 Å². The molecule has 0 amide bonds. The molecule has 7 heavy (non-hydrogen) atoms. The molecule has 3 heteroatoms. The van der Waals surface area contributed by atoms with E-state index in [2.05, 4.69) is 10.3 Å². The van der Waals surface area contributed by atoms with Crippen LogP contribution in [0.3, 0.4) is 0 Å². The van der Waals surface area contributed by atoms with Crippen LogP contribution < -0.4 is 5.32 Å². The molecule has 1 heterocycles. The summed E-state index contributed by atoms with van der Waals surface area (Å²) in [6, 6.07) is 0. The van der Waals surface area contributed by atoms with Gasteiger partial charge in [0, 0.05) is 6.20 Å². The van der Waals surface area contributed by atoms with Gasteiger partial charge in [0.15, 0.2) is 0 Å². The first-order valence-corrected chi connectivity index (χ1v) is 1.79. The summed E-state index contributed by atoms with van der Waals surface area (Å²) >= 11 is 0. The van der Waals surface area contributed by atoms with E-state index in [1.807, 2.05) is 6.92 Å². The predicted octanol–water partition coefficient (Wildman–Crippen LogP) is 0.492. The third kappa shape index (κ3) is 1.76. The average Bonchev–Trinajstić information content (AvgIpc) is 1.86. The van der Waals surface area contributed by atoms with Crippen molar-refractivity contribution in [1.29, 1.82) is 0 Å². The van der Waals surface area contributed by atoms with Crippen LogP contribution in [0.4, 0.5) is 0 Å². The van der Waals surface area contributed by atoms with E-state index in [1.165, 1.54) is 6.34 Å². The van der Waals surface area contributed by atoms with Crippen molar-refractivity contribution in [1.82, 2.24) is 5.32 Å². The van der Waals surface area contributed by atoms with Gasteiger partial charge in [-0.2, -0.15) is 0 Å². The second-order valence-electron chi connectivity index (χ2n) is 1.16. The molecule has 0 bridgehead atoms. The van der Waals surface area contributed by atoms with Crippen LogP contribution >= 0.6 is 0 Å². The number of rotatable bonds is 0. The van der Waals surface area contributed by atoms with Crippen LogP contribution in [0.5, 0.6) is 0 Å². The Morgan fingerprint density at radius 2 is 2.29 bits per heavy atom. The van der Waals surface area contributed by atoms with E-state index in [1.54, 1.807) is 6.20 Å². The van der Waals surface area contributed by atoms with Gasteiger partial charge in [-0.05, 0) is 6.92 Å². The molecule has 1 aliphatic rings. The summed E-state index contributed by atoms with van der Waals surface area (Å²) < 4.78 is 0.